The van der Waals surface area contributed by atoms with Crippen LogP contribution in [0.2, 0.25) is 0 Å². The third-order valence-corrected chi connectivity index (χ3v) is 9.54. The SMILES string of the molecule is COc1ccc2c(ccc(/C=C3\[Se]c4ccccc4N3CCCCS(=O)(=O)O)[n+]2Cc2ccccc2)c1. The summed E-state index contributed by atoms with van der Waals surface area (Å²) in [6.07, 6.45) is 3.36. The van der Waals surface area contributed by atoms with Crippen LogP contribution in [-0.2, 0) is 16.7 Å². The number of pyridine rings is 1. The third-order valence-electron chi connectivity index (χ3n) is 6.40. The van der Waals surface area contributed by atoms with Crippen LogP contribution >= 0.6 is 0 Å². The Kier molecular flexibility index (Phi) is 7.63. The number of fused-ring (bicyclic) bond motifs is 2. The minimum atomic E-state index is -3.95. The van der Waals surface area contributed by atoms with Crippen molar-refractivity contribution in [3.63, 3.8) is 0 Å². The van der Waals surface area contributed by atoms with E-state index >= 15 is 0 Å². The van der Waals surface area contributed by atoms with Crippen LogP contribution in [0.3, 0.4) is 0 Å². The predicted octanol–water partition coefficient (Wildman–Crippen LogP) is 4.00. The maximum absolute atomic E-state index is 11.2. The zero-order chi connectivity index (χ0) is 25.8. The van der Waals surface area contributed by atoms with Crippen molar-refractivity contribution in [2.45, 2.75) is 19.4 Å². The number of rotatable bonds is 9. The van der Waals surface area contributed by atoms with Gasteiger partial charge in [-0.05, 0) is 0 Å². The van der Waals surface area contributed by atoms with E-state index < -0.39 is 10.1 Å². The van der Waals surface area contributed by atoms with E-state index in [1.807, 2.05) is 18.2 Å². The molecule has 0 radical (unpaired) electrons. The fourth-order valence-electron chi connectivity index (χ4n) is 4.58. The number of ether oxygens (including phenoxy) is 1. The van der Waals surface area contributed by atoms with Crippen LogP contribution in [0.25, 0.3) is 17.0 Å². The summed E-state index contributed by atoms with van der Waals surface area (Å²) in [7, 11) is -2.26. The van der Waals surface area contributed by atoms with Gasteiger partial charge in [0.2, 0.25) is 0 Å². The van der Waals surface area contributed by atoms with E-state index in [1.54, 1.807) is 7.11 Å². The molecule has 0 atom stereocenters. The molecular weight excluding hydrogens is 551 g/mol. The standard InChI is InChI=1S/C29H28N2O4SSe/c1-35-25-15-16-26-23(19-25)13-14-24(31(26)21-22-9-3-2-4-10-22)20-29-30(17-7-8-18-36(32,33)34)27-11-5-6-12-28(27)37-29/h2-6,9-16,19-20H,7-8,17-18,21H2,1H3/p+1. The number of hydrogen-bond acceptors (Lipinski definition) is 4. The summed E-state index contributed by atoms with van der Waals surface area (Å²) in [5.74, 6) is 0.619. The van der Waals surface area contributed by atoms with E-state index in [2.05, 4.69) is 82.3 Å². The number of unbranched alkanes of at least 4 members (excludes halogenated alkanes) is 1. The molecule has 0 bridgehead atoms. The van der Waals surface area contributed by atoms with Crippen molar-refractivity contribution < 1.29 is 22.3 Å². The normalized spacial score (nSPS) is 14.3. The van der Waals surface area contributed by atoms with Gasteiger partial charge in [0.25, 0.3) is 0 Å². The van der Waals surface area contributed by atoms with Crippen molar-refractivity contribution in [2.24, 2.45) is 0 Å². The maximum atomic E-state index is 11.2. The van der Waals surface area contributed by atoms with Crippen LogP contribution in [0.1, 0.15) is 24.1 Å². The van der Waals surface area contributed by atoms with Gasteiger partial charge < -0.3 is 0 Å². The monoisotopic (exact) mass is 581 g/mol. The molecule has 1 aromatic heterocycles. The van der Waals surface area contributed by atoms with Crippen LogP contribution in [0, 0.1) is 0 Å². The summed E-state index contributed by atoms with van der Waals surface area (Å²) in [6.45, 7) is 1.43. The molecule has 6 nitrogen and oxygen atoms in total. The first-order valence-corrected chi connectivity index (χ1v) is 15.5. The number of hydrogen-bond donors (Lipinski definition) is 1. The number of methoxy groups -OCH3 is 1. The molecule has 1 aliphatic heterocycles. The average Bonchev–Trinajstić information content (AvgIpc) is 3.24. The second-order valence-corrected chi connectivity index (χ2v) is 12.8. The van der Waals surface area contributed by atoms with Crippen molar-refractivity contribution in [1.82, 2.24) is 0 Å². The van der Waals surface area contributed by atoms with Crippen LogP contribution < -0.4 is 18.7 Å². The number of nitrogens with zero attached hydrogens (tertiary/aromatic N) is 2. The van der Waals surface area contributed by atoms with Gasteiger partial charge in [-0.1, -0.05) is 0 Å². The van der Waals surface area contributed by atoms with Crippen molar-refractivity contribution in [3.05, 3.63) is 101 Å². The Labute approximate surface area is 224 Å². The number of benzene rings is 3. The fraction of sp³-hybridized carbons (Fsp3) is 0.207. The minimum absolute atomic E-state index is 0.124. The zero-order valence-corrected chi connectivity index (χ0v) is 23.1. The summed E-state index contributed by atoms with van der Waals surface area (Å²) in [4.78, 5) is 2.31. The Morgan fingerprint density at radius 1 is 0.973 bits per heavy atom. The van der Waals surface area contributed by atoms with Gasteiger partial charge in [-0.3, -0.25) is 0 Å². The van der Waals surface area contributed by atoms with Gasteiger partial charge >= 0.3 is 225 Å². The molecule has 1 aliphatic rings. The number of para-hydroxylation sites is 1. The van der Waals surface area contributed by atoms with Crippen LogP contribution in [-0.4, -0.2) is 47.3 Å². The Balaban J connectivity index is 1.54. The van der Waals surface area contributed by atoms with E-state index in [1.165, 1.54) is 20.3 Å². The summed E-state index contributed by atoms with van der Waals surface area (Å²) in [6, 6.07) is 29.3. The Morgan fingerprint density at radius 3 is 2.54 bits per heavy atom. The molecule has 190 valence electrons. The van der Waals surface area contributed by atoms with Crippen LogP contribution in [0.15, 0.2) is 89.5 Å². The van der Waals surface area contributed by atoms with Gasteiger partial charge in [-0.15, -0.1) is 0 Å². The van der Waals surface area contributed by atoms with Gasteiger partial charge in [0.1, 0.15) is 0 Å². The number of aromatic nitrogens is 1. The molecule has 37 heavy (non-hydrogen) atoms. The van der Waals surface area contributed by atoms with Crippen molar-refractivity contribution in [3.8, 4) is 5.75 Å². The first-order valence-electron chi connectivity index (χ1n) is 12.2. The van der Waals surface area contributed by atoms with Gasteiger partial charge in [-0.2, -0.15) is 0 Å². The predicted molar refractivity (Wildman–Crippen MR) is 149 cm³/mol. The van der Waals surface area contributed by atoms with Gasteiger partial charge in [0.05, 0.1) is 0 Å². The second-order valence-electron chi connectivity index (χ2n) is 8.95. The molecule has 0 saturated heterocycles. The summed E-state index contributed by atoms with van der Waals surface area (Å²) < 4.78 is 41.8. The summed E-state index contributed by atoms with van der Waals surface area (Å²) in [5.41, 5.74) is 4.63. The van der Waals surface area contributed by atoms with Crippen molar-refractivity contribution >= 4 is 52.2 Å². The molecule has 8 heteroatoms. The molecule has 1 N–H and O–H groups in total. The molecule has 4 aromatic rings. The molecular formula is C29H29N2O4SSe+. The van der Waals surface area contributed by atoms with E-state index in [0.29, 0.717) is 19.4 Å². The van der Waals surface area contributed by atoms with E-state index in [-0.39, 0.29) is 20.7 Å². The molecule has 5 rings (SSSR count). The Bertz CT molecular complexity index is 1560. The van der Waals surface area contributed by atoms with E-state index in [9.17, 15) is 8.42 Å². The molecule has 0 saturated carbocycles. The molecule has 0 fully saturated rings. The van der Waals surface area contributed by atoms with Gasteiger partial charge in [0.15, 0.2) is 0 Å². The molecule has 0 amide bonds. The van der Waals surface area contributed by atoms with Crippen molar-refractivity contribution in [1.29, 1.82) is 0 Å². The number of anilines is 1. The first-order chi connectivity index (χ1) is 17.9. The Hall–Kier alpha value is -3.16. The van der Waals surface area contributed by atoms with Gasteiger partial charge in [0, 0.05) is 0 Å². The molecule has 0 aliphatic carbocycles. The van der Waals surface area contributed by atoms with Gasteiger partial charge in [-0.25, -0.2) is 0 Å². The Morgan fingerprint density at radius 2 is 1.76 bits per heavy atom. The topological polar surface area (TPSA) is 70.7 Å². The van der Waals surface area contributed by atoms with Crippen LogP contribution in [0.5, 0.6) is 5.75 Å². The first kappa shape index (κ1) is 25.5. The van der Waals surface area contributed by atoms with Crippen LogP contribution in [0.4, 0.5) is 5.69 Å². The van der Waals surface area contributed by atoms with Crippen molar-refractivity contribution in [2.75, 3.05) is 24.3 Å². The molecule has 3 aromatic carbocycles. The fourth-order valence-corrected chi connectivity index (χ4v) is 7.53. The summed E-state index contributed by atoms with van der Waals surface area (Å²) in [5, 5.41) is 1.11. The zero-order valence-electron chi connectivity index (χ0n) is 20.6. The molecule has 0 spiro atoms. The quantitative estimate of drug-likeness (QED) is 0.140. The summed E-state index contributed by atoms with van der Waals surface area (Å²) >= 11 is 0.124. The molecule has 0 unspecified atom stereocenters. The second kappa shape index (κ2) is 11.1. The molecule has 2 heterocycles. The third kappa shape index (κ3) is 6.05. The van der Waals surface area contributed by atoms with E-state index in [0.717, 1.165) is 28.9 Å². The van der Waals surface area contributed by atoms with E-state index in [4.69, 9.17) is 9.29 Å². The average molecular weight is 581 g/mol.